The fourth-order valence-electron chi connectivity index (χ4n) is 4.12. The van der Waals surface area contributed by atoms with Gasteiger partial charge in [-0.1, -0.05) is 60.7 Å². The standard InChI is InChI=1S/C27H23F3N4O/c28-27(29,30)25-11-12-31-26(33-25)32-22-15-21(19-7-3-1-4-8-19)16-23(17-22)34-13-14-35-24(18-34)20-9-5-2-6-10-20/h1-12,15-17,24H,13-14,18H2,(H,31,32,33). The molecule has 35 heavy (non-hydrogen) atoms. The van der Waals surface area contributed by atoms with Gasteiger partial charge in [0.1, 0.15) is 11.8 Å². The number of nitrogens with zero attached hydrogens (tertiary/aromatic N) is 3. The van der Waals surface area contributed by atoms with Gasteiger partial charge in [-0.3, -0.25) is 0 Å². The van der Waals surface area contributed by atoms with Crippen molar-refractivity contribution < 1.29 is 17.9 Å². The number of ether oxygens (including phenoxy) is 1. The van der Waals surface area contributed by atoms with Gasteiger partial charge in [-0.05, 0) is 41.0 Å². The van der Waals surface area contributed by atoms with Gasteiger partial charge in [0.05, 0.1) is 6.61 Å². The quantitative estimate of drug-likeness (QED) is 0.357. The van der Waals surface area contributed by atoms with E-state index in [0.717, 1.165) is 34.6 Å². The van der Waals surface area contributed by atoms with Crippen LogP contribution in [0.3, 0.4) is 0 Å². The molecule has 1 aliphatic rings. The number of alkyl halides is 3. The van der Waals surface area contributed by atoms with Crippen molar-refractivity contribution in [1.82, 2.24) is 9.97 Å². The van der Waals surface area contributed by atoms with Gasteiger partial charge in [-0.2, -0.15) is 13.2 Å². The van der Waals surface area contributed by atoms with E-state index in [4.69, 9.17) is 4.74 Å². The molecule has 1 aromatic heterocycles. The third-order valence-electron chi connectivity index (χ3n) is 5.83. The summed E-state index contributed by atoms with van der Waals surface area (Å²) in [6.45, 7) is 1.91. The van der Waals surface area contributed by atoms with E-state index < -0.39 is 11.9 Å². The number of aromatic nitrogens is 2. The van der Waals surface area contributed by atoms with Gasteiger partial charge < -0.3 is 15.0 Å². The summed E-state index contributed by atoms with van der Waals surface area (Å²) in [4.78, 5) is 9.87. The minimum absolute atomic E-state index is 0.0754. The predicted molar refractivity (Wildman–Crippen MR) is 130 cm³/mol. The molecule has 5 nitrogen and oxygen atoms in total. The van der Waals surface area contributed by atoms with Crippen molar-refractivity contribution in [2.45, 2.75) is 12.3 Å². The average Bonchev–Trinajstić information content (AvgIpc) is 2.89. The smallest absolute Gasteiger partial charge is 0.370 e. The molecule has 1 saturated heterocycles. The Labute approximate surface area is 201 Å². The molecule has 4 aromatic rings. The number of morpholine rings is 1. The van der Waals surface area contributed by atoms with E-state index in [1.165, 1.54) is 0 Å². The van der Waals surface area contributed by atoms with Crippen molar-refractivity contribution in [3.05, 3.63) is 102 Å². The van der Waals surface area contributed by atoms with Crippen molar-refractivity contribution >= 4 is 17.3 Å². The van der Waals surface area contributed by atoms with Gasteiger partial charge in [0, 0.05) is 30.7 Å². The first-order chi connectivity index (χ1) is 17.0. The summed E-state index contributed by atoms with van der Waals surface area (Å²) in [6, 6.07) is 26.6. The molecule has 1 atom stereocenters. The van der Waals surface area contributed by atoms with Crippen LogP contribution in [0.2, 0.25) is 0 Å². The largest absolute Gasteiger partial charge is 0.433 e. The van der Waals surface area contributed by atoms with Crippen molar-refractivity contribution in [1.29, 1.82) is 0 Å². The third kappa shape index (κ3) is 5.44. The minimum Gasteiger partial charge on any atom is -0.370 e. The highest BCUT2D eigenvalue weighted by Gasteiger charge is 2.32. The van der Waals surface area contributed by atoms with E-state index in [1.807, 2.05) is 72.8 Å². The molecule has 1 unspecified atom stereocenters. The van der Waals surface area contributed by atoms with Crippen molar-refractivity contribution in [3.8, 4) is 11.1 Å². The summed E-state index contributed by atoms with van der Waals surface area (Å²) in [5.41, 5.74) is 3.57. The van der Waals surface area contributed by atoms with Crippen LogP contribution in [0.4, 0.5) is 30.5 Å². The SMILES string of the molecule is FC(F)(F)c1ccnc(Nc2cc(-c3ccccc3)cc(N3CCOC(c4ccccc4)C3)c2)n1. The first-order valence-corrected chi connectivity index (χ1v) is 11.2. The highest BCUT2D eigenvalue weighted by molar-refractivity contribution is 5.76. The number of halogens is 3. The first kappa shape index (κ1) is 22.9. The number of rotatable bonds is 5. The number of anilines is 3. The minimum atomic E-state index is -4.54. The highest BCUT2D eigenvalue weighted by Crippen LogP contribution is 2.34. The zero-order valence-corrected chi connectivity index (χ0v) is 18.7. The molecule has 1 aliphatic heterocycles. The fraction of sp³-hybridized carbons (Fsp3) is 0.185. The maximum Gasteiger partial charge on any atom is 0.433 e. The Morgan fingerprint density at radius 1 is 0.886 bits per heavy atom. The van der Waals surface area contributed by atoms with Gasteiger partial charge in [0.25, 0.3) is 0 Å². The third-order valence-corrected chi connectivity index (χ3v) is 5.83. The van der Waals surface area contributed by atoms with E-state index in [2.05, 4.69) is 26.3 Å². The Hall–Kier alpha value is -3.91. The number of hydrogen-bond donors (Lipinski definition) is 1. The van der Waals surface area contributed by atoms with Crippen molar-refractivity contribution in [3.63, 3.8) is 0 Å². The number of nitrogens with one attached hydrogen (secondary N) is 1. The van der Waals surface area contributed by atoms with E-state index in [-0.39, 0.29) is 12.1 Å². The van der Waals surface area contributed by atoms with E-state index in [9.17, 15) is 13.2 Å². The molecule has 0 spiro atoms. The zero-order chi connectivity index (χ0) is 24.3. The van der Waals surface area contributed by atoms with Gasteiger partial charge in [0.2, 0.25) is 5.95 Å². The Kier molecular flexibility index (Phi) is 6.37. The molecule has 5 rings (SSSR count). The van der Waals surface area contributed by atoms with Crippen LogP contribution >= 0.6 is 0 Å². The molecule has 0 bridgehead atoms. The molecule has 0 amide bonds. The van der Waals surface area contributed by atoms with Gasteiger partial charge >= 0.3 is 6.18 Å². The van der Waals surface area contributed by atoms with Crippen LogP contribution in [-0.2, 0) is 10.9 Å². The van der Waals surface area contributed by atoms with Crippen LogP contribution in [0.15, 0.2) is 91.1 Å². The second-order valence-electron chi connectivity index (χ2n) is 8.24. The fourth-order valence-corrected chi connectivity index (χ4v) is 4.12. The number of hydrogen-bond acceptors (Lipinski definition) is 5. The Morgan fingerprint density at radius 2 is 1.63 bits per heavy atom. The Balaban J connectivity index is 1.49. The molecule has 8 heteroatoms. The molecule has 3 aromatic carbocycles. The summed E-state index contributed by atoms with van der Waals surface area (Å²) in [5, 5.41) is 2.97. The monoisotopic (exact) mass is 476 g/mol. The maximum atomic E-state index is 13.1. The molecule has 1 N–H and O–H groups in total. The molecule has 2 heterocycles. The second kappa shape index (κ2) is 9.76. The summed E-state index contributed by atoms with van der Waals surface area (Å²) >= 11 is 0. The lowest BCUT2D eigenvalue weighted by Gasteiger charge is -2.35. The summed E-state index contributed by atoms with van der Waals surface area (Å²) in [5.74, 6) is -0.111. The van der Waals surface area contributed by atoms with Crippen LogP contribution in [0.1, 0.15) is 17.4 Å². The Morgan fingerprint density at radius 3 is 2.37 bits per heavy atom. The number of benzene rings is 3. The lowest BCUT2D eigenvalue weighted by molar-refractivity contribution is -0.141. The molecule has 0 aliphatic carbocycles. The van der Waals surface area contributed by atoms with Crippen molar-refractivity contribution in [2.24, 2.45) is 0 Å². The molecule has 0 radical (unpaired) electrons. The van der Waals surface area contributed by atoms with Crippen LogP contribution in [0.25, 0.3) is 11.1 Å². The molecular formula is C27H23F3N4O. The molecule has 1 fully saturated rings. The topological polar surface area (TPSA) is 50.3 Å². The van der Waals surface area contributed by atoms with Crippen LogP contribution < -0.4 is 10.2 Å². The Bertz CT molecular complexity index is 1280. The van der Waals surface area contributed by atoms with E-state index >= 15 is 0 Å². The molecule has 178 valence electrons. The van der Waals surface area contributed by atoms with Crippen LogP contribution in [0, 0.1) is 0 Å². The normalized spacial score (nSPS) is 16.2. The lowest BCUT2D eigenvalue weighted by Crippen LogP contribution is -2.38. The summed E-state index contributed by atoms with van der Waals surface area (Å²) in [6.07, 6.45) is -3.52. The maximum absolute atomic E-state index is 13.1. The lowest BCUT2D eigenvalue weighted by atomic mass is 10.0. The predicted octanol–water partition coefficient (Wildman–Crippen LogP) is 6.48. The van der Waals surface area contributed by atoms with Gasteiger partial charge in [-0.15, -0.1) is 0 Å². The van der Waals surface area contributed by atoms with E-state index in [0.29, 0.717) is 25.4 Å². The van der Waals surface area contributed by atoms with Crippen LogP contribution in [0.5, 0.6) is 0 Å². The molecular weight excluding hydrogens is 453 g/mol. The summed E-state index contributed by atoms with van der Waals surface area (Å²) < 4.78 is 45.4. The van der Waals surface area contributed by atoms with Crippen LogP contribution in [-0.4, -0.2) is 29.7 Å². The average molecular weight is 477 g/mol. The van der Waals surface area contributed by atoms with Crippen molar-refractivity contribution in [2.75, 3.05) is 29.9 Å². The summed E-state index contributed by atoms with van der Waals surface area (Å²) in [7, 11) is 0. The zero-order valence-electron chi connectivity index (χ0n) is 18.7. The second-order valence-corrected chi connectivity index (χ2v) is 8.24. The van der Waals surface area contributed by atoms with E-state index in [1.54, 1.807) is 0 Å². The highest BCUT2D eigenvalue weighted by atomic mass is 19.4. The van der Waals surface area contributed by atoms with Gasteiger partial charge in [0.15, 0.2) is 0 Å². The first-order valence-electron chi connectivity index (χ1n) is 11.2. The van der Waals surface area contributed by atoms with Gasteiger partial charge in [-0.25, -0.2) is 9.97 Å². The molecule has 0 saturated carbocycles.